The van der Waals surface area contributed by atoms with Crippen LogP contribution in [-0.2, 0) is 42.2 Å². The molecule has 0 radical (unpaired) electrons. The summed E-state index contributed by atoms with van der Waals surface area (Å²) in [6.45, 7) is 4.55. The van der Waals surface area contributed by atoms with Gasteiger partial charge in [-0.2, -0.15) is 0 Å². The number of aliphatic hydroxyl groups is 1. The van der Waals surface area contributed by atoms with E-state index in [-0.39, 0.29) is 25.9 Å². The van der Waals surface area contributed by atoms with Crippen LogP contribution in [0.2, 0.25) is 0 Å². The van der Waals surface area contributed by atoms with Crippen molar-refractivity contribution in [2.75, 3.05) is 26.4 Å². The van der Waals surface area contributed by atoms with E-state index in [1.165, 1.54) is 154 Å². The van der Waals surface area contributed by atoms with Crippen molar-refractivity contribution in [3.05, 3.63) is 60.8 Å². The van der Waals surface area contributed by atoms with Crippen LogP contribution < -0.4 is 0 Å². The molecular formula is C68H123O11P. The second-order valence-electron chi connectivity index (χ2n) is 22.3. The van der Waals surface area contributed by atoms with Crippen molar-refractivity contribution in [3.8, 4) is 0 Å². The fraction of sp³-hybridized carbons (Fsp3) is 0.809. The maximum atomic E-state index is 13.0. The SMILES string of the molecule is CC/C=C\C/C=C\C/C=C\CCCCCCCC(=O)OCC(COP(=O)(O)OCC(CO)OC(=O)CCCCCCCCCCCCCCCCCCCCC)OC(=O)CCCCCCCCCCC/C=C\C/C=C\CCCCC. The number of rotatable bonds is 62. The predicted molar refractivity (Wildman–Crippen MR) is 335 cm³/mol. The summed E-state index contributed by atoms with van der Waals surface area (Å²) in [5, 5.41) is 9.87. The highest BCUT2D eigenvalue weighted by Gasteiger charge is 2.28. The number of ether oxygens (including phenoxy) is 3. The van der Waals surface area contributed by atoms with Crippen LogP contribution in [0.15, 0.2) is 60.8 Å². The highest BCUT2D eigenvalue weighted by Crippen LogP contribution is 2.43. The minimum absolute atomic E-state index is 0.159. The number of carbonyl (C=O) groups is 3. The van der Waals surface area contributed by atoms with Crippen LogP contribution in [0.3, 0.4) is 0 Å². The molecule has 0 aliphatic heterocycles. The lowest BCUT2D eigenvalue weighted by molar-refractivity contribution is -0.161. The normalized spacial score (nSPS) is 13.6. The monoisotopic (exact) mass is 1150 g/mol. The van der Waals surface area contributed by atoms with Crippen molar-refractivity contribution < 1.29 is 52.2 Å². The Morgan fingerprint density at radius 3 is 1.02 bits per heavy atom. The van der Waals surface area contributed by atoms with Gasteiger partial charge in [0.15, 0.2) is 6.10 Å². The molecule has 0 spiro atoms. The zero-order valence-electron chi connectivity index (χ0n) is 51.8. The van der Waals surface area contributed by atoms with Gasteiger partial charge in [0, 0.05) is 19.3 Å². The number of unbranched alkanes of at least 4 members (excludes halogenated alkanes) is 35. The van der Waals surface area contributed by atoms with Gasteiger partial charge in [0.05, 0.1) is 19.8 Å². The molecule has 3 unspecified atom stereocenters. The molecule has 466 valence electrons. The van der Waals surface area contributed by atoms with Gasteiger partial charge in [0.1, 0.15) is 12.7 Å². The Balaban J connectivity index is 4.65. The molecule has 0 aliphatic rings. The summed E-state index contributed by atoms with van der Waals surface area (Å²) < 4.78 is 39.7. The van der Waals surface area contributed by atoms with Crippen molar-refractivity contribution in [1.82, 2.24) is 0 Å². The molecule has 0 aromatic heterocycles. The zero-order chi connectivity index (χ0) is 58.3. The molecule has 0 heterocycles. The molecule has 0 saturated heterocycles. The average Bonchev–Trinajstić information content (AvgIpc) is 3.45. The maximum Gasteiger partial charge on any atom is 0.472 e. The Bertz CT molecular complexity index is 1570. The minimum atomic E-state index is -4.76. The first-order chi connectivity index (χ1) is 39.2. The first-order valence-electron chi connectivity index (χ1n) is 33.2. The Hall–Kier alpha value is -2.82. The third-order valence-electron chi connectivity index (χ3n) is 14.4. The van der Waals surface area contributed by atoms with E-state index in [1.54, 1.807) is 0 Å². The zero-order valence-corrected chi connectivity index (χ0v) is 52.7. The van der Waals surface area contributed by atoms with E-state index in [1.807, 2.05) is 0 Å². The van der Waals surface area contributed by atoms with E-state index in [9.17, 15) is 28.9 Å². The Morgan fingerprint density at radius 2 is 0.650 bits per heavy atom. The average molecular weight is 1150 g/mol. The largest absolute Gasteiger partial charge is 0.472 e. The molecule has 0 bridgehead atoms. The summed E-state index contributed by atoms with van der Waals surface area (Å²) in [7, 11) is -4.76. The topological polar surface area (TPSA) is 155 Å². The van der Waals surface area contributed by atoms with Gasteiger partial charge in [-0.05, 0) is 83.5 Å². The number of aliphatic hydroxyl groups excluding tert-OH is 1. The van der Waals surface area contributed by atoms with Crippen LogP contribution in [-0.4, -0.2) is 66.5 Å². The lowest BCUT2D eigenvalue weighted by atomic mass is 10.0. The quantitative estimate of drug-likeness (QED) is 0.0197. The molecule has 3 atom stereocenters. The van der Waals surface area contributed by atoms with E-state index in [0.29, 0.717) is 19.3 Å². The highest BCUT2D eigenvalue weighted by atomic mass is 31.2. The number of allylic oxidation sites excluding steroid dienone is 10. The Labute approximate surface area is 491 Å². The highest BCUT2D eigenvalue weighted by molar-refractivity contribution is 7.47. The van der Waals surface area contributed by atoms with E-state index in [0.717, 1.165) is 103 Å². The summed E-state index contributed by atoms with van der Waals surface area (Å²) in [5.41, 5.74) is 0. The molecule has 2 N–H and O–H groups in total. The van der Waals surface area contributed by atoms with Gasteiger partial charge in [-0.1, -0.05) is 274 Å². The van der Waals surface area contributed by atoms with Crippen LogP contribution in [0.1, 0.15) is 316 Å². The molecule has 0 aliphatic carbocycles. The molecule has 12 heteroatoms. The summed E-state index contributed by atoms with van der Waals surface area (Å²) in [6.07, 6.45) is 70.3. The van der Waals surface area contributed by atoms with Gasteiger partial charge in [-0.25, -0.2) is 4.57 Å². The van der Waals surface area contributed by atoms with E-state index in [2.05, 4.69) is 81.5 Å². The first kappa shape index (κ1) is 77.2. The molecule has 0 rings (SSSR count). The van der Waals surface area contributed by atoms with Crippen molar-refractivity contribution in [2.45, 2.75) is 328 Å². The first-order valence-corrected chi connectivity index (χ1v) is 34.7. The second kappa shape index (κ2) is 62.2. The number of phosphoric acid groups is 1. The standard InChI is InChI=1S/C68H123O11P/c1-4-7-10-13-16-19-22-25-28-30-32-34-37-40-43-46-49-52-55-58-67(71)78-64(60-69)62-76-80(73,74)77-63-65(61-75-66(70)57-54-51-48-45-42-39-36-27-24-21-18-15-12-9-6-3)79-68(72)59-56-53-50-47-44-41-38-35-33-31-29-26-23-20-17-14-11-8-5-2/h9,12,17-18,20-21,26-27,29,36,64-65,69H,4-8,10-11,13-16,19,22-25,28,30-35,37-63H2,1-3H3,(H,73,74)/b12-9-,20-17-,21-18-,29-26-,36-27-. The molecule has 0 fully saturated rings. The van der Waals surface area contributed by atoms with Gasteiger partial charge >= 0.3 is 25.7 Å². The summed E-state index contributed by atoms with van der Waals surface area (Å²) in [6, 6.07) is 0. The van der Waals surface area contributed by atoms with Gasteiger partial charge in [-0.3, -0.25) is 23.4 Å². The molecule has 0 saturated carbocycles. The molecule has 0 amide bonds. The number of hydrogen-bond donors (Lipinski definition) is 2. The number of hydrogen-bond acceptors (Lipinski definition) is 10. The number of carbonyl (C=O) groups excluding carboxylic acids is 3. The molecule has 0 aromatic carbocycles. The summed E-state index contributed by atoms with van der Waals surface area (Å²) in [5.74, 6) is -1.47. The van der Waals surface area contributed by atoms with Gasteiger partial charge in [-0.15, -0.1) is 0 Å². The maximum absolute atomic E-state index is 13.0. The van der Waals surface area contributed by atoms with Gasteiger partial charge in [0.25, 0.3) is 0 Å². The van der Waals surface area contributed by atoms with Crippen molar-refractivity contribution >= 4 is 25.7 Å². The van der Waals surface area contributed by atoms with Crippen LogP contribution in [0.4, 0.5) is 0 Å². The lowest BCUT2D eigenvalue weighted by Crippen LogP contribution is -2.30. The third-order valence-corrected chi connectivity index (χ3v) is 15.4. The van der Waals surface area contributed by atoms with Gasteiger partial charge in [0.2, 0.25) is 0 Å². The number of phosphoric ester groups is 1. The summed E-state index contributed by atoms with van der Waals surface area (Å²) in [4.78, 5) is 48.8. The van der Waals surface area contributed by atoms with Gasteiger partial charge < -0.3 is 24.2 Å². The van der Waals surface area contributed by atoms with Crippen LogP contribution in [0, 0.1) is 0 Å². The minimum Gasteiger partial charge on any atom is -0.462 e. The van der Waals surface area contributed by atoms with Crippen molar-refractivity contribution in [2.24, 2.45) is 0 Å². The van der Waals surface area contributed by atoms with Crippen LogP contribution in [0.5, 0.6) is 0 Å². The van der Waals surface area contributed by atoms with Crippen LogP contribution in [0.25, 0.3) is 0 Å². The smallest absolute Gasteiger partial charge is 0.462 e. The lowest BCUT2D eigenvalue weighted by Gasteiger charge is -2.21. The second-order valence-corrected chi connectivity index (χ2v) is 23.7. The number of esters is 3. The van der Waals surface area contributed by atoms with E-state index < -0.39 is 57.8 Å². The fourth-order valence-corrected chi connectivity index (χ4v) is 10.2. The molecule has 0 aromatic rings. The molecule has 80 heavy (non-hydrogen) atoms. The predicted octanol–water partition coefficient (Wildman–Crippen LogP) is 20.3. The molecule has 11 nitrogen and oxygen atoms in total. The molecular weight excluding hydrogens is 1020 g/mol. The van der Waals surface area contributed by atoms with E-state index in [4.69, 9.17) is 23.3 Å². The van der Waals surface area contributed by atoms with Crippen LogP contribution >= 0.6 is 7.82 Å². The van der Waals surface area contributed by atoms with Crippen molar-refractivity contribution in [3.63, 3.8) is 0 Å². The fourth-order valence-electron chi connectivity index (χ4n) is 9.40. The Morgan fingerprint density at radius 1 is 0.362 bits per heavy atom. The van der Waals surface area contributed by atoms with Crippen molar-refractivity contribution in [1.29, 1.82) is 0 Å². The Kier molecular flexibility index (Phi) is 60.0. The third kappa shape index (κ3) is 59.8. The van der Waals surface area contributed by atoms with E-state index >= 15 is 0 Å². The summed E-state index contributed by atoms with van der Waals surface area (Å²) >= 11 is 0.